The maximum atomic E-state index is 11.4. The second-order valence-electron chi connectivity index (χ2n) is 4.35. The van der Waals surface area contributed by atoms with Crippen LogP contribution in [0.15, 0.2) is 41.2 Å². The van der Waals surface area contributed by atoms with Gasteiger partial charge in [0, 0.05) is 6.54 Å². The van der Waals surface area contributed by atoms with Crippen LogP contribution in [0.4, 0.5) is 5.82 Å². The van der Waals surface area contributed by atoms with Crippen LogP contribution in [0.1, 0.15) is 11.1 Å². The van der Waals surface area contributed by atoms with Crippen LogP contribution in [0.25, 0.3) is 5.65 Å². The number of aromatic nitrogens is 4. The van der Waals surface area contributed by atoms with Gasteiger partial charge in [0.25, 0.3) is 0 Å². The average Bonchev–Trinajstić information content (AvgIpc) is 2.86. The summed E-state index contributed by atoms with van der Waals surface area (Å²) in [5, 5.41) is 22.5. The topological polar surface area (TPSA) is 95.3 Å². The molecule has 2 aromatic heterocycles. The quantitative estimate of drug-likeness (QED) is 0.643. The Labute approximate surface area is 113 Å². The molecule has 0 spiro atoms. The van der Waals surface area contributed by atoms with Crippen LogP contribution < -0.4 is 11.0 Å². The Balaban J connectivity index is 1.79. The Morgan fingerprint density at radius 1 is 1.25 bits per heavy atom. The number of anilines is 1. The fourth-order valence-corrected chi connectivity index (χ4v) is 1.93. The molecule has 0 saturated heterocycles. The number of nitrogens with one attached hydrogen (secondary N) is 2. The molecule has 0 aliphatic rings. The first-order valence-corrected chi connectivity index (χ1v) is 6.13. The van der Waals surface area contributed by atoms with Crippen LogP contribution in [-0.4, -0.2) is 24.9 Å². The Hall–Kier alpha value is -2.67. The zero-order chi connectivity index (χ0) is 13.9. The van der Waals surface area contributed by atoms with E-state index in [0.717, 1.165) is 11.1 Å². The molecule has 0 unspecified atom stereocenters. The SMILES string of the molecule is O=c1[nH]nc2ccc(NCc3cccc(CO)c3)nn12. The van der Waals surface area contributed by atoms with Crippen molar-refractivity contribution in [2.24, 2.45) is 0 Å². The summed E-state index contributed by atoms with van der Waals surface area (Å²) in [6, 6.07) is 11.1. The highest BCUT2D eigenvalue weighted by Gasteiger charge is 2.02. The van der Waals surface area contributed by atoms with Gasteiger partial charge in [0.1, 0.15) is 5.82 Å². The average molecular weight is 271 g/mol. The lowest BCUT2D eigenvalue weighted by atomic mass is 10.1. The number of fused-ring (bicyclic) bond motifs is 1. The highest BCUT2D eigenvalue weighted by atomic mass is 16.3. The first-order valence-electron chi connectivity index (χ1n) is 6.13. The van der Waals surface area contributed by atoms with E-state index in [1.54, 1.807) is 12.1 Å². The fourth-order valence-electron chi connectivity index (χ4n) is 1.93. The molecule has 1 aromatic carbocycles. The normalized spacial score (nSPS) is 10.8. The molecule has 7 heteroatoms. The van der Waals surface area contributed by atoms with Gasteiger partial charge in [-0.05, 0) is 23.3 Å². The zero-order valence-corrected chi connectivity index (χ0v) is 10.6. The second kappa shape index (κ2) is 5.14. The summed E-state index contributed by atoms with van der Waals surface area (Å²) in [6.45, 7) is 0.571. The van der Waals surface area contributed by atoms with E-state index >= 15 is 0 Å². The third kappa shape index (κ3) is 2.39. The minimum atomic E-state index is -0.370. The molecule has 0 aliphatic heterocycles. The van der Waals surface area contributed by atoms with E-state index in [2.05, 4.69) is 20.6 Å². The molecule has 0 aliphatic carbocycles. The van der Waals surface area contributed by atoms with Crippen molar-refractivity contribution < 1.29 is 5.11 Å². The monoisotopic (exact) mass is 271 g/mol. The highest BCUT2D eigenvalue weighted by Crippen LogP contribution is 2.09. The standard InChI is InChI=1S/C13H13N5O2/c19-8-10-3-1-2-9(6-10)7-14-11-4-5-12-15-16-13(20)18(12)17-11/h1-6,19H,7-8H2,(H,14,17)(H,16,20). The molecule has 0 saturated carbocycles. The Kier molecular flexibility index (Phi) is 3.18. The van der Waals surface area contributed by atoms with Crippen molar-refractivity contribution in [3.8, 4) is 0 Å². The number of rotatable bonds is 4. The van der Waals surface area contributed by atoms with E-state index in [-0.39, 0.29) is 12.3 Å². The minimum absolute atomic E-state index is 0.0163. The lowest BCUT2D eigenvalue weighted by molar-refractivity contribution is 0.281. The third-order valence-corrected chi connectivity index (χ3v) is 2.92. The Bertz CT molecular complexity index is 793. The number of benzene rings is 1. The minimum Gasteiger partial charge on any atom is -0.392 e. The molecule has 3 N–H and O–H groups in total. The summed E-state index contributed by atoms with van der Waals surface area (Å²) < 4.78 is 1.20. The second-order valence-corrected chi connectivity index (χ2v) is 4.35. The third-order valence-electron chi connectivity index (χ3n) is 2.92. The van der Waals surface area contributed by atoms with Crippen LogP contribution in [0, 0.1) is 0 Å². The number of hydrogen-bond donors (Lipinski definition) is 3. The molecular formula is C13H13N5O2. The van der Waals surface area contributed by atoms with Crippen molar-refractivity contribution >= 4 is 11.5 Å². The predicted molar refractivity (Wildman–Crippen MR) is 73.3 cm³/mol. The number of nitrogens with zero attached hydrogens (tertiary/aromatic N) is 3. The molecule has 0 atom stereocenters. The van der Waals surface area contributed by atoms with Crippen LogP contribution >= 0.6 is 0 Å². The number of H-pyrrole nitrogens is 1. The molecule has 3 rings (SSSR count). The maximum Gasteiger partial charge on any atom is 0.364 e. The number of aromatic amines is 1. The molecular weight excluding hydrogens is 258 g/mol. The van der Waals surface area contributed by atoms with E-state index in [1.807, 2.05) is 24.3 Å². The molecule has 102 valence electrons. The summed E-state index contributed by atoms with van der Waals surface area (Å²) in [5.74, 6) is 0.579. The molecule has 20 heavy (non-hydrogen) atoms. The van der Waals surface area contributed by atoms with Gasteiger partial charge in [-0.1, -0.05) is 24.3 Å². The van der Waals surface area contributed by atoms with Gasteiger partial charge in [0.2, 0.25) is 0 Å². The van der Waals surface area contributed by atoms with Gasteiger partial charge >= 0.3 is 5.69 Å². The Morgan fingerprint density at radius 2 is 2.10 bits per heavy atom. The van der Waals surface area contributed by atoms with Crippen molar-refractivity contribution in [2.45, 2.75) is 13.2 Å². The van der Waals surface area contributed by atoms with Gasteiger partial charge in [-0.3, -0.25) is 0 Å². The van der Waals surface area contributed by atoms with E-state index in [1.165, 1.54) is 4.52 Å². The van der Waals surface area contributed by atoms with Crippen LogP contribution in [0.2, 0.25) is 0 Å². The molecule has 2 heterocycles. The smallest absolute Gasteiger partial charge is 0.364 e. The molecule has 0 bridgehead atoms. The zero-order valence-electron chi connectivity index (χ0n) is 10.6. The van der Waals surface area contributed by atoms with Crippen LogP contribution in [0.3, 0.4) is 0 Å². The van der Waals surface area contributed by atoms with Gasteiger partial charge in [0.15, 0.2) is 5.65 Å². The predicted octanol–water partition coefficient (Wildman–Crippen LogP) is 0.522. The number of hydrogen-bond acceptors (Lipinski definition) is 5. The highest BCUT2D eigenvalue weighted by molar-refractivity contribution is 5.43. The van der Waals surface area contributed by atoms with Gasteiger partial charge in [-0.25, -0.2) is 9.89 Å². The number of aliphatic hydroxyl groups excluding tert-OH is 1. The van der Waals surface area contributed by atoms with Crippen molar-refractivity contribution in [1.29, 1.82) is 0 Å². The first-order chi connectivity index (χ1) is 9.76. The summed E-state index contributed by atoms with van der Waals surface area (Å²) in [6.07, 6.45) is 0. The van der Waals surface area contributed by atoms with E-state index in [0.29, 0.717) is 18.0 Å². The largest absolute Gasteiger partial charge is 0.392 e. The molecule has 0 radical (unpaired) electrons. The van der Waals surface area contributed by atoms with Crippen LogP contribution in [0.5, 0.6) is 0 Å². The summed E-state index contributed by atoms with van der Waals surface area (Å²) in [7, 11) is 0. The van der Waals surface area contributed by atoms with E-state index in [9.17, 15) is 4.79 Å². The first kappa shape index (κ1) is 12.4. The molecule has 0 fully saturated rings. The number of aliphatic hydroxyl groups is 1. The Morgan fingerprint density at radius 3 is 2.95 bits per heavy atom. The summed E-state index contributed by atoms with van der Waals surface area (Å²) in [5.41, 5.74) is 1.99. The van der Waals surface area contributed by atoms with Crippen molar-refractivity contribution in [3.05, 3.63) is 58.0 Å². The summed E-state index contributed by atoms with van der Waals surface area (Å²) >= 11 is 0. The van der Waals surface area contributed by atoms with E-state index in [4.69, 9.17) is 5.11 Å². The summed E-state index contributed by atoms with van der Waals surface area (Å²) in [4.78, 5) is 11.4. The van der Waals surface area contributed by atoms with Crippen molar-refractivity contribution in [1.82, 2.24) is 19.8 Å². The van der Waals surface area contributed by atoms with Crippen molar-refractivity contribution in [2.75, 3.05) is 5.32 Å². The molecule has 3 aromatic rings. The van der Waals surface area contributed by atoms with Gasteiger partial charge < -0.3 is 10.4 Å². The molecule has 0 amide bonds. The lowest BCUT2D eigenvalue weighted by Crippen LogP contribution is -2.14. The van der Waals surface area contributed by atoms with E-state index < -0.39 is 0 Å². The lowest BCUT2D eigenvalue weighted by Gasteiger charge is -2.06. The van der Waals surface area contributed by atoms with Gasteiger partial charge in [-0.2, -0.15) is 9.61 Å². The van der Waals surface area contributed by atoms with Gasteiger partial charge in [0.05, 0.1) is 6.61 Å². The van der Waals surface area contributed by atoms with Crippen molar-refractivity contribution in [3.63, 3.8) is 0 Å². The fraction of sp³-hybridized carbons (Fsp3) is 0.154. The van der Waals surface area contributed by atoms with Gasteiger partial charge in [-0.15, -0.1) is 5.10 Å². The maximum absolute atomic E-state index is 11.4. The molecule has 7 nitrogen and oxygen atoms in total. The van der Waals surface area contributed by atoms with Crippen LogP contribution in [-0.2, 0) is 13.2 Å².